The van der Waals surface area contributed by atoms with Crippen LogP contribution in [0.25, 0.3) is 0 Å². The lowest BCUT2D eigenvalue weighted by Crippen LogP contribution is -2.49. The molecule has 0 bridgehead atoms. The van der Waals surface area contributed by atoms with Crippen molar-refractivity contribution < 1.29 is 28.2 Å². The molecule has 0 aromatic heterocycles. The third-order valence-electron chi connectivity index (χ3n) is 2.54. The van der Waals surface area contributed by atoms with Crippen molar-refractivity contribution in [3.8, 4) is 0 Å². The predicted octanol–water partition coefficient (Wildman–Crippen LogP) is 1.46. The Morgan fingerprint density at radius 2 is 1.79 bits per heavy atom. The summed E-state index contributed by atoms with van der Waals surface area (Å²) in [5, 5.41) is 0. The smallest absolute Gasteiger partial charge is 0.331 e. The summed E-state index contributed by atoms with van der Waals surface area (Å²) >= 11 is 0. The Balaban J connectivity index is 2.29. The topological polar surface area (TPSA) is 69.7 Å². The summed E-state index contributed by atoms with van der Waals surface area (Å²) in [5.41, 5.74) is -0.0846. The van der Waals surface area contributed by atoms with Gasteiger partial charge in [0.05, 0.1) is 0 Å². The largest absolute Gasteiger partial charge is 0.422 e. The van der Waals surface area contributed by atoms with Gasteiger partial charge in [0.25, 0.3) is 5.79 Å². The highest BCUT2D eigenvalue weighted by Gasteiger charge is 2.47. The van der Waals surface area contributed by atoms with Gasteiger partial charge >= 0.3 is 11.9 Å². The van der Waals surface area contributed by atoms with Gasteiger partial charge in [-0.25, -0.2) is 4.39 Å². The number of carbonyl (C=O) groups excluding carboxylic acids is 3. The van der Waals surface area contributed by atoms with E-state index in [1.54, 1.807) is 0 Å². The molecule has 0 saturated carbocycles. The average molecular weight is 266 g/mol. The fourth-order valence-electron chi connectivity index (χ4n) is 1.74. The number of benzene rings is 1. The second-order valence-corrected chi connectivity index (χ2v) is 4.55. The lowest BCUT2D eigenvalue weighted by Gasteiger charge is -2.32. The van der Waals surface area contributed by atoms with Crippen molar-refractivity contribution in [1.29, 1.82) is 0 Å². The highest BCUT2D eigenvalue weighted by Crippen LogP contribution is 2.25. The van der Waals surface area contributed by atoms with Gasteiger partial charge in [-0.3, -0.25) is 14.4 Å². The molecular formula is C13H11FO5. The Kier molecular flexibility index (Phi) is 3.09. The van der Waals surface area contributed by atoms with Gasteiger partial charge in [0, 0.05) is 19.4 Å². The van der Waals surface area contributed by atoms with E-state index in [0.29, 0.717) is 0 Å². The van der Waals surface area contributed by atoms with Crippen molar-refractivity contribution in [2.24, 2.45) is 5.92 Å². The molecule has 0 aliphatic carbocycles. The van der Waals surface area contributed by atoms with Gasteiger partial charge in [0.15, 0.2) is 5.78 Å². The summed E-state index contributed by atoms with van der Waals surface area (Å²) in [5.74, 6) is -6.55. The molecule has 1 aliphatic heterocycles. The summed E-state index contributed by atoms with van der Waals surface area (Å²) in [6.07, 6.45) is 0. The van der Waals surface area contributed by atoms with Crippen LogP contribution in [0, 0.1) is 11.7 Å². The van der Waals surface area contributed by atoms with Crippen molar-refractivity contribution in [2.75, 3.05) is 0 Å². The standard InChI is InChI=1S/C13H11FO5/c1-13(2)18-11(16)9(12(17)19-13)10(15)7-4-3-5-8(14)6-7/h3-6,9H,1-2H3. The van der Waals surface area contributed by atoms with Gasteiger partial charge in [-0.2, -0.15) is 0 Å². The van der Waals surface area contributed by atoms with Crippen LogP contribution in [0.15, 0.2) is 24.3 Å². The van der Waals surface area contributed by atoms with E-state index < -0.39 is 35.2 Å². The molecule has 0 unspecified atom stereocenters. The number of halogens is 1. The number of ether oxygens (including phenoxy) is 2. The van der Waals surface area contributed by atoms with E-state index in [0.717, 1.165) is 12.1 Å². The molecule has 1 aromatic rings. The van der Waals surface area contributed by atoms with Gasteiger partial charge < -0.3 is 9.47 Å². The van der Waals surface area contributed by atoms with Crippen LogP contribution in [-0.4, -0.2) is 23.5 Å². The summed E-state index contributed by atoms with van der Waals surface area (Å²) in [7, 11) is 0. The van der Waals surface area contributed by atoms with Crippen LogP contribution in [0.1, 0.15) is 24.2 Å². The zero-order valence-corrected chi connectivity index (χ0v) is 10.3. The van der Waals surface area contributed by atoms with Crippen molar-refractivity contribution in [3.63, 3.8) is 0 Å². The van der Waals surface area contributed by atoms with Crippen LogP contribution < -0.4 is 0 Å². The minimum absolute atomic E-state index is 0.0846. The van der Waals surface area contributed by atoms with Crippen LogP contribution in [0.4, 0.5) is 4.39 Å². The van der Waals surface area contributed by atoms with Crippen molar-refractivity contribution in [1.82, 2.24) is 0 Å². The zero-order chi connectivity index (χ0) is 14.2. The number of hydrogen-bond acceptors (Lipinski definition) is 5. The van der Waals surface area contributed by atoms with E-state index in [-0.39, 0.29) is 5.56 Å². The zero-order valence-electron chi connectivity index (χ0n) is 10.3. The van der Waals surface area contributed by atoms with E-state index in [1.165, 1.54) is 26.0 Å². The SMILES string of the molecule is CC1(C)OC(=O)C(C(=O)c2cccc(F)c2)C(=O)O1. The number of esters is 2. The molecule has 1 aliphatic rings. The molecule has 6 heteroatoms. The van der Waals surface area contributed by atoms with Crippen molar-refractivity contribution >= 4 is 17.7 Å². The van der Waals surface area contributed by atoms with Gasteiger partial charge in [0.1, 0.15) is 5.82 Å². The highest BCUT2D eigenvalue weighted by molar-refractivity contribution is 6.21. The first-order valence-corrected chi connectivity index (χ1v) is 5.56. The summed E-state index contributed by atoms with van der Waals surface area (Å²) in [6, 6.07) is 4.72. The third-order valence-corrected chi connectivity index (χ3v) is 2.54. The van der Waals surface area contributed by atoms with E-state index in [1.807, 2.05) is 0 Å². The minimum Gasteiger partial charge on any atom is -0.422 e. The second kappa shape index (κ2) is 4.46. The molecule has 100 valence electrons. The molecule has 0 atom stereocenters. The molecule has 1 saturated heterocycles. The van der Waals surface area contributed by atoms with Gasteiger partial charge in [0.2, 0.25) is 5.92 Å². The lowest BCUT2D eigenvalue weighted by molar-refractivity contribution is -0.236. The first kappa shape index (κ1) is 13.2. The maximum atomic E-state index is 13.0. The van der Waals surface area contributed by atoms with Gasteiger partial charge in [-0.05, 0) is 12.1 Å². The van der Waals surface area contributed by atoms with Gasteiger partial charge in [-0.1, -0.05) is 12.1 Å². The lowest BCUT2D eigenvalue weighted by atomic mass is 9.96. The molecule has 2 rings (SSSR count). The number of cyclic esters (lactones) is 2. The fraction of sp³-hybridized carbons (Fsp3) is 0.308. The summed E-state index contributed by atoms with van der Waals surface area (Å²) in [4.78, 5) is 35.4. The third kappa shape index (κ3) is 2.62. The maximum Gasteiger partial charge on any atom is 0.331 e. The minimum atomic E-state index is -1.70. The van der Waals surface area contributed by atoms with Crippen LogP contribution in [-0.2, 0) is 19.1 Å². The Bertz CT molecular complexity index is 544. The Morgan fingerprint density at radius 3 is 2.32 bits per heavy atom. The molecule has 1 aromatic carbocycles. The molecule has 0 amide bonds. The molecule has 1 fully saturated rings. The van der Waals surface area contributed by atoms with Crippen LogP contribution in [0.5, 0.6) is 0 Å². The van der Waals surface area contributed by atoms with Crippen LogP contribution >= 0.6 is 0 Å². The number of Topliss-reactive ketones (excluding diaryl/α,β-unsaturated/α-hetero) is 1. The first-order valence-electron chi connectivity index (χ1n) is 5.56. The highest BCUT2D eigenvalue weighted by atomic mass is 19.1. The number of carbonyl (C=O) groups is 3. The normalized spacial score (nSPS) is 18.7. The molecule has 0 radical (unpaired) electrons. The number of hydrogen-bond donors (Lipinski definition) is 0. The van der Waals surface area contributed by atoms with E-state index in [2.05, 4.69) is 0 Å². The summed E-state index contributed by atoms with van der Waals surface area (Å²) < 4.78 is 22.7. The van der Waals surface area contributed by atoms with E-state index in [9.17, 15) is 18.8 Å². The second-order valence-electron chi connectivity index (χ2n) is 4.55. The number of rotatable bonds is 2. The van der Waals surface area contributed by atoms with Crippen LogP contribution in [0.3, 0.4) is 0 Å². The quantitative estimate of drug-likeness (QED) is 0.460. The monoisotopic (exact) mass is 266 g/mol. The molecule has 0 N–H and O–H groups in total. The number of ketones is 1. The summed E-state index contributed by atoms with van der Waals surface area (Å²) in [6.45, 7) is 2.76. The molecular weight excluding hydrogens is 255 g/mol. The molecule has 19 heavy (non-hydrogen) atoms. The Morgan fingerprint density at radius 1 is 1.21 bits per heavy atom. The fourth-order valence-corrected chi connectivity index (χ4v) is 1.74. The molecule has 0 spiro atoms. The molecule has 5 nitrogen and oxygen atoms in total. The Labute approximate surface area is 108 Å². The average Bonchev–Trinajstić information content (AvgIpc) is 2.25. The first-order chi connectivity index (χ1) is 8.80. The molecule has 1 heterocycles. The van der Waals surface area contributed by atoms with E-state index in [4.69, 9.17) is 9.47 Å². The van der Waals surface area contributed by atoms with Crippen molar-refractivity contribution in [3.05, 3.63) is 35.6 Å². The Hall–Kier alpha value is -2.24. The predicted molar refractivity (Wildman–Crippen MR) is 60.5 cm³/mol. The van der Waals surface area contributed by atoms with Crippen LogP contribution in [0.2, 0.25) is 0 Å². The maximum absolute atomic E-state index is 13.0. The van der Waals surface area contributed by atoms with E-state index >= 15 is 0 Å². The van der Waals surface area contributed by atoms with Crippen molar-refractivity contribution in [2.45, 2.75) is 19.6 Å². The van der Waals surface area contributed by atoms with Gasteiger partial charge in [-0.15, -0.1) is 0 Å².